The summed E-state index contributed by atoms with van der Waals surface area (Å²) in [6.07, 6.45) is 10.4. The standard InChI is InChI=1S/C30H43F2N3O3/c1-7-23(14-13-22(4)5)35(6)20-30(8-2,38-21-36)17-18-33-19-27-24(15-16-28(34-27)37-9-3)25-11-10-12-26(31)29(25)32/h7,12-14,21,33H,4,8-11,15-20H2,1-3,5-6H3/b14-13-,23-7+. The van der Waals surface area contributed by atoms with Gasteiger partial charge in [-0.1, -0.05) is 31.2 Å². The molecule has 38 heavy (non-hydrogen) atoms. The predicted octanol–water partition coefficient (Wildman–Crippen LogP) is 6.61. The molecule has 0 fully saturated rings. The summed E-state index contributed by atoms with van der Waals surface area (Å²) in [5.41, 5.74) is 3.04. The molecular weight excluding hydrogens is 488 g/mol. The molecule has 0 bridgehead atoms. The zero-order valence-corrected chi connectivity index (χ0v) is 23.5. The SMILES string of the molecule is C=C(C)/C=C\C(=C/C)N(C)CC(CC)(CCNCC1=C(C2=C(F)C(F)=CCC2)CCC(OCC)=N1)OC=O. The van der Waals surface area contributed by atoms with Gasteiger partial charge in [-0.15, -0.1) is 0 Å². The van der Waals surface area contributed by atoms with E-state index in [2.05, 4.69) is 21.8 Å². The van der Waals surface area contributed by atoms with Crippen LogP contribution in [0.25, 0.3) is 0 Å². The van der Waals surface area contributed by atoms with Gasteiger partial charge in [0.05, 0.1) is 18.8 Å². The van der Waals surface area contributed by atoms with Crippen LogP contribution in [-0.2, 0) is 14.3 Å². The highest BCUT2D eigenvalue weighted by Crippen LogP contribution is 2.37. The van der Waals surface area contributed by atoms with Gasteiger partial charge in [-0.2, -0.15) is 0 Å². The molecule has 210 valence electrons. The number of hydrogen-bond donors (Lipinski definition) is 1. The molecule has 8 heteroatoms. The number of nitrogens with one attached hydrogen (secondary N) is 1. The average Bonchev–Trinajstić information content (AvgIpc) is 2.89. The summed E-state index contributed by atoms with van der Waals surface area (Å²) >= 11 is 0. The number of likely N-dealkylation sites (N-methyl/N-ethyl adjacent to an activating group) is 1. The molecule has 0 saturated carbocycles. The van der Waals surface area contributed by atoms with Crippen LogP contribution in [0.5, 0.6) is 0 Å². The highest BCUT2D eigenvalue weighted by Gasteiger charge is 2.32. The molecule has 2 rings (SSSR count). The Labute approximate surface area is 226 Å². The van der Waals surface area contributed by atoms with E-state index in [0.717, 1.165) is 16.8 Å². The number of hydrogen-bond acceptors (Lipinski definition) is 6. The smallest absolute Gasteiger partial charge is 0.293 e. The lowest BCUT2D eigenvalue weighted by Crippen LogP contribution is -2.45. The topological polar surface area (TPSA) is 63.2 Å². The number of halogens is 2. The van der Waals surface area contributed by atoms with Crippen LogP contribution in [0.3, 0.4) is 0 Å². The third-order valence-electron chi connectivity index (χ3n) is 6.86. The van der Waals surface area contributed by atoms with Gasteiger partial charge in [-0.3, -0.25) is 4.79 Å². The molecule has 0 amide bonds. The van der Waals surface area contributed by atoms with Crippen LogP contribution in [0.15, 0.2) is 75.6 Å². The van der Waals surface area contributed by atoms with Crippen molar-refractivity contribution in [2.45, 2.75) is 71.8 Å². The fraction of sp³-hybridized carbons (Fsp3) is 0.533. The zero-order valence-electron chi connectivity index (χ0n) is 23.5. The Hall–Kier alpha value is -3.00. The quantitative estimate of drug-likeness (QED) is 0.146. The van der Waals surface area contributed by atoms with E-state index in [0.29, 0.717) is 88.4 Å². The van der Waals surface area contributed by atoms with Crippen LogP contribution in [0, 0.1) is 0 Å². The van der Waals surface area contributed by atoms with Crippen molar-refractivity contribution in [3.05, 3.63) is 70.7 Å². The molecule has 1 unspecified atom stereocenters. The minimum absolute atomic E-state index is 0.367. The summed E-state index contributed by atoms with van der Waals surface area (Å²) < 4.78 is 40.0. The van der Waals surface area contributed by atoms with Gasteiger partial charge in [0.15, 0.2) is 17.6 Å². The number of aliphatic imine (C=N–C) groups is 1. The fourth-order valence-electron chi connectivity index (χ4n) is 4.73. The maximum atomic E-state index is 14.7. The second kappa shape index (κ2) is 15.4. The Morgan fingerprint density at radius 3 is 2.63 bits per heavy atom. The minimum atomic E-state index is -0.799. The Morgan fingerprint density at radius 1 is 1.24 bits per heavy atom. The largest absolute Gasteiger partial charge is 0.481 e. The molecule has 0 aromatic rings. The van der Waals surface area contributed by atoms with E-state index in [1.165, 1.54) is 6.08 Å². The van der Waals surface area contributed by atoms with E-state index in [1.807, 2.05) is 53.0 Å². The number of ether oxygens (including phenoxy) is 2. The number of rotatable bonds is 15. The van der Waals surface area contributed by atoms with Crippen molar-refractivity contribution in [1.82, 2.24) is 10.2 Å². The van der Waals surface area contributed by atoms with Gasteiger partial charge in [0.1, 0.15) is 5.60 Å². The lowest BCUT2D eigenvalue weighted by atomic mass is 9.90. The van der Waals surface area contributed by atoms with E-state index >= 15 is 0 Å². The van der Waals surface area contributed by atoms with Crippen molar-refractivity contribution < 1.29 is 23.0 Å². The summed E-state index contributed by atoms with van der Waals surface area (Å²) in [5, 5.41) is 3.39. The van der Waals surface area contributed by atoms with Gasteiger partial charge in [-0.05, 0) is 76.3 Å². The van der Waals surface area contributed by atoms with E-state index in [1.54, 1.807) is 0 Å². The molecule has 1 N–H and O–H groups in total. The second-order valence-electron chi connectivity index (χ2n) is 9.67. The van der Waals surface area contributed by atoms with Gasteiger partial charge in [0.2, 0.25) is 0 Å². The lowest BCUT2D eigenvalue weighted by molar-refractivity contribution is -0.146. The maximum absolute atomic E-state index is 14.7. The van der Waals surface area contributed by atoms with Crippen LogP contribution in [0.4, 0.5) is 8.78 Å². The first-order valence-electron chi connectivity index (χ1n) is 13.4. The highest BCUT2D eigenvalue weighted by molar-refractivity contribution is 5.79. The molecule has 1 atom stereocenters. The van der Waals surface area contributed by atoms with Crippen molar-refractivity contribution in [3.63, 3.8) is 0 Å². The van der Waals surface area contributed by atoms with Crippen molar-refractivity contribution >= 4 is 12.4 Å². The first-order chi connectivity index (χ1) is 18.2. The van der Waals surface area contributed by atoms with E-state index in [4.69, 9.17) is 9.47 Å². The van der Waals surface area contributed by atoms with Gasteiger partial charge >= 0.3 is 0 Å². The molecule has 1 aliphatic heterocycles. The molecule has 0 saturated heterocycles. The Morgan fingerprint density at radius 2 is 2.00 bits per heavy atom. The molecule has 1 aliphatic carbocycles. The van der Waals surface area contributed by atoms with E-state index < -0.39 is 17.3 Å². The first kappa shape index (κ1) is 31.2. The van der Waals surface area contributed by atoms with Crippen LogP contribution < -0.4 is 5.32 Å². The predicted molar refractivity (Wildman–Crippen MR) is 150 cm³/mol. The number of carbonyl (C=O) groups excluding carboxylic acids is 1. The van der Waals surface area contributed by atoms with Gasteiger partial charge in [-0.25, -0.2) is 13.8 Å². The molecular formula is C30H43F2N3O3. The normalized spacial score (nSPS) is 18.2. The monoisotopic (exact) mass is 531 g/mol. The van der Waals surface area contributed by atoms with E-state index in [-0.39, 0.29) is 0 Å². The fourth-order valence-corrected chi connectivity index (χ4v) is 4.73. The Balaban J connectivity index is 2.17. The van der Waals surface area contributed by atoms with Crippen molar-refractivity contribution in [2.75, 3.05) is 33.3 Å². The van der Waals surface area contributed by atoms with Crippen LogP contribution in [0.2, 0.25) is 0 Å². The van der Waals surface area contributed by atoms with Crippen LogP contribution in [-0.4, -0.2) is 56.2 Å². The third kappa shape index (κ3) is 8.79. The summed E-state index contributed by atoms with van der Waals surface area (Å²) in [4.78, 5) is 18.2. The Bertz CT molecular complexity index is 1040. The van der Waals surface area contributed by atoms with Crippen LogP contribution in [0.1, 0.15) is 66.2 Å². The molecule has 0 aromatic heterocycles. The molecule has 6 nitrogen and oxygen atoms in total. The van der Waals surface area contributed by atoms with Crippen molar-refractivity contribution in [2.24, 2.45) is 4.99 Å². The summed E-state index contributed by atoms with van der Waals surface area (Å²) in [7, 11) is 1.97. The summed E-state index contributed by atoms with van der Waals surface area (Å²) in [5.74, 6) is -0.977. The van der Waals surface area contributed by atoms with Gasteiger partial charge in [0.25, 0.3) is 6.47 Å². The highest BCUT2D eigenvalue weighted by atomic mass is 19.2. The van der Waals surface area contributed by atoms with Crippen molar-refractivity contribution in [1.29, 1.82) is 0 Å². The summed E-state index contributed by atoms with van der Waals surface area (Å²) in [6, 6.07) is 0. The third-order valence-corrected chi connectivity index (χ3v) is 6.86. The lowest BCUT2D eigenvalue weighted by Gasteiger charge is -2.36. The van der Waals surface area contributed by atoms with Crippen molar-refractivity contribution in [3.8, 4) is 0 Å². The maximum Gasteiger partial charge on any atom is 0.293 e. The molecule has 0 spiro atoms. The molecule has 2 aliphatic rings. The Kier molecular flexibility index (Phi) is 12.7. The first-order valence-corrected chi connectivity index (χ1v) is 13.4. The zero-order chi connectivity index (χ0) is 28.1. The number of carbonyl (C=O) groups is 1. The van der Waals surface area contributed by atoms with Crippen LogP contribution >= 0.6 is 0 Å². The van der Waals surface area contributed by atoms with Gasteiger partial charge < -0.3 is 19.7 Å². The number of nitrogens with zero attached hydrogens (tertiary/aromatic N) is 2. The second-order valence-corrected chi connectivity index (χ2v) is 9.67. The molecule has 1 heterocycles. The number of allylic oxidation sites excluding steroid dienone is 9. The van der Waals surface area contributed by atoms with E-state index in [9.17, 15) is 13.6 Å². The average molecular weight is 532 g/mol. The summed E-state index contributed by atoms with van der Waals surface area (Å²) in [6.45, 7) is 14.1. The molecule has 0 aromatic carbocycles. The minimum Gasteiger partial charge on any atom is -0.481 e. The van der Waals surface area contributed by atoms with Gasteiger partial charge in [0, 0.05) is 32.1 Å². The molecule has 0 radical (unpaired) electrons.